The van der Waals surface area contributed by atoms with Crippen LogP contribution in [0.4, 0.5) is 15.8 Å². The number of fused-ring (bicyclic) bond motifs is 4. The Morgan fingerprint density at radius 1 is 0.857 bits per heavy atom. The zero-order chi connectivity index (χ0) is 30.4. The predicted molar refractivity (Wildman–Crippen MR) is 150 cm³/mol. The minimum absolute atomic E-state index is 0.0413. The van der Waals surface area contributed by atoms with Gasteiger partial charge in [0.1, 0.15) is 46.8 Å². The van der Waals surface area contributed by atoms with Crippen LogP contribution < -0.4 is 14.8 Å². The molecule has 3 aliphatic rings. The third kappa shape index (κ3) is 5.91. The fourth-order valence-electron chi connectivity index (χ4n) is 5.32. The van der Waals surface area contributed by atoms with Crippen LogP contribution in [-0.4, -0.2) is 44.9 Å². The van der Waals surface area contributed by atoms with Gasteiger partial charge in [0.15, 0.2) is 0 Å². The molecule has 0 amide bonds. The number of nitrogens with zero attached hydrogens (tertiary/aromatic N) is 2. The van der Waals surface area contributed by atoms with Crippen LogP contribution in [0.5, 0.6) is 11.5 Å². The summed E-state index contributed by atoms with van der Waals surface area (Å²) in [4.78, 5) is 20.8. The summed E-state index contributed by atoms with van der Waals surface area (Å²) in [5.74, 6) is 0.686. The summed E-state index contributed by atoms with van der Waals surface area (Å²) in [6.45, 7) is 7.90. The lowest BCUT2D eigenvalue weighted by molar-refractivity contribution is -0.385. The van der Waals surface area contributed by atoms with E-state index in [0.29, 0.717) is 30.0 Å². The predicted octanol–water partition coefficient (Wildman–Crippen LogP) is 5.34. The number of halogens is 1. The van der Waals surface area contributed by atoms with Crippen molar-refractivity contribution in [2.45, 2.75) is 69.7 Å². The Kier molecular flexibility index (Phi) is 7.64. The Morgan fingerprint density at radius 2 is 1.40 bits per heavy atom. The fraction of sp³-hybridized carbons (Fsp3) is 0.400. The van der Waals surface area contributed by atoms with E-state index in [4.69, 9.17) is 14.2 Å². The number of hydrogen-bond donors (Lipinski definition) is 2. The quantitative estimate of drug-likeness (QED) is 0.223. The first kappa shape index (κ1) is 29.4. The zero-order valence-corrected chi connectivity index (χ0v) is 23.6. The van der Waals surface area contributed by atoms with Crippen LogP contribution in [0.2, 0.25) is 0 Å². The Hall–Kier alpha value is -4.13. The molecule has 0 bridgehead atoms. The van der Waals surface area contributed by atoms with Crippen molar-refractivity contribution in [2.24, 2.45) is 0 Å². The topological polar surface area (TPSA) is 150 Å². The van der Waals surface area contributed by atoms with Gasteiger partial charge in [-0.15, -0.1) is 0 Å². The molecule has 0 spiro atoms. The Balaban J connectivity index is 0.000000187. The lowest BCUT2D eigenvalue weighted by Crippen LogP contribution is -2.52. The fourth-order valence-corrected chi connectivity index (χ4v) is 5.32. The molecule has 0 unspecified atom stereocenters. The first-order chi connectivity index (χ1) is 19.8. The summed E-state index contributed by atoms with van der Waals surface area (Å²) in [7, 11) is 0. The normalized spacial score (nSPS) is 23.9. The molecule has 0 aromatic heterocycles. The van der Waals surface area contributed by atoms with Crippen LogP contribution in [0, 0.1) is 26.0 Å². The zero-order valence-electron chi connectivity index (χ0n) is 23.6. The monoisotopic (exact) mass is 581 g/mol. The SMILES string of the molecule is CC1(C)Oc2cc([N+](=O)[O-])ccc2[C@H](NCCc2ccc(F)cc2)[C@H]1O.CC1(C)Oc2cc([N+](=O)[O-])ccc2[C@H]2O[C@H]21. The molecule has 1 fully saturated rings. The molecule has 11 nitrogen and oxygen atoms in total. The van der Waals surface area contributed by atoms with E-state index < -0.39 is 33.2 Å². The molecule has 3 aromatic rings. The van der Waals surface area contributed by atoms with Gasteiger partial charge in [-0.2, -0.15) is 0 Å². The number of rotatable bonds is 6. The molecule has 0 aliphatic carbocycles. The van der Waals surface area contributed by atoms with Crippen LogP contribution in [0.15, 0.2) is 60.7 Å². The first-order valence-electron chi connectivity index (χ1n) is 13.5. The standard InChI is InChI=1S/C19H21FN2O4.C11H11NO4/c1-19(2)18(23)17(21-10-9-12-3-5-13(20)6-4-12)15-8-7-14(22(24)25)11-16(15)26-19;1-11(2)10-9(15-10)7-4-3-6(12(13)14)5-8(7)16-11/h3-8,11,17-18,21,23H,9-10H2,1-2H3;3-5,9-10H,1-2H3/t17-,18+;9-,10-/m01/s1. The summed E-state index contributed by atoms with van der Waals surface area (Å²) in [6.07, 6.45) is -0.0571. The van der Waals surface area contributed by atoms with E-state index in [1.54, 1.807) is 38.1 Å². The molecular formula is C30H32FN3O8. The van der Waals surface area contributed by atoms with Crippen molar-refractivity contribution >= 4 is 11.4 Å². The van der Waals surface area contributed by atoms with Gasteiger partial charge in [0, 0.05) is 23.3 Å². The summed E-state index contributed by atoms with van der Waals surface area (Å²) in [5, 5.41) is 35.6. The second-order valence-corrected chi connectivity index (χ2v) is 11.6. The largest absolute Gasteiger partial charge is 0.484 e. The van der Waals surface area contributed by atoms with Gasteiger partial charge in [0.25, 0.3) is 11.4 Å². The summed E-state index contributed by atoms with van der Waals surface area (Å²) in [5.41, 5.74) is 1.26. The molecule has 12 heteroatoms. The van der Waals surface area contributed by atoms with Gasteiger partial charge in [-0.25, -0.2) is 4.39 Å². The number of nitro groups is 2. The smallest absolute Gasteiger partial charge is 0.273 e. The van der Waals surface area contributed by atoms with Gasteiger partial charge < -0.3 is 24.6 Å². The van der Waals surface area contributed by atoms with Crippen molar-refractivity contribution in [1.82, 2.24) is 5.32 Å². The average Bonchev–Trinajstić information content (AvgIpc) is 3.74. The van der Waals surface area contributed by atoms with Gasteiger partial charge in [0.05, 0.1) is 28.0 Å². The van der Waals surface area contributed by atoms with Crippen molar-refractivity contribution in [2.75, 3.05) is 6.54 Å². The van der Waals surface area contributed by atoms with Crippen molar-refractivity contribution in [3.05, 3.63) is 103 Å². The lowest BCUT2D eigenvalue weighted by atomic mass is 9.86. The lowest BCUT2D eigenvalue weighted by Gasteiger charge is -2.42. The van der Waals surface area contributed by atoms with E-state index in [-0.39, 0.29) is 29.4 Å². The second kappa shape index (κ2) is 10.9. The van der Waals surface area contributed by atoms with Crippen molar-refractivity contribution in [3.8, 4) is 11.5 Å². The third-order valence-corrected chi connectivity index (χ3v) is 7.70. The molecule has 222 valence electrons. The minimum Gasteiger partial charge on any atom is -0.484 e. The number of aliphatic hydroxyl groups excluding tert-OH is 1. The maximum absolute atomic E-state index is 13.0. The van der Waals surface area contributed by atoms with Crippen molar-refractivity contribution in [1.29, 1.82) is 0 Å². The summed E-state index contributed by atoms with van der Waals surface area (Å²) < 4.78 is 30.0. The Bertz CT molecular complexity index is 1510. The minimum atomic E-state index is -0.893. The van der Waals surface area contributed by atoms with Gasteiger partial charge in [-0.05, 0) is 70.5 Å². The van der Waals surface area contributed by atoms with Gasteiger partial charge in [-0.3, -0.25) is 20.2 Å². The maximum Gasteiger partial charge on any atom is 0.273 e. The van der Waals surface area contributed by atoms with E-state index in [1.165, 1.54) is 36.4 Å². The van der Waals surface area contributed by atoms with E-state index in [2.05, 4.69) is 5.32 Å². The second-order valence-electron chi connectivity index (χ2n) is 11.6. The molecule has 1 saturated heterocycles. The van der Waals surface area contributed by atoms with E-state index in [9.17, 15) is 29.7 Å². The summed E-state index contributed by atoms with van der Waals surface area (Å²) >= 11 is 0. The van der Waals surface area contributed by atoms with Crippen LogP contribution in [-0.2, 0) is 11.2 Å². The molecular weight excluding hydrogens is 549 g/mol. The number of nitro benzene ring substituents is 2. The van der Waals surface area contributed by atoms with Gasteiger partial charge in [-0.1, -0.05) is 12.1 Å². The van der Waals surface area contributed by atoms with Crippen LogP contribution in [0.25, 0.3) is 0 Å². The number of ether oxygens (including phenoxy) is 3. The molecule has 0 saturated carbocycles. The van der Waals surface area contributed by atoms with Crippen molar-refractivity contribution in [3.63, 3.8) is 0 Å². The first-order valence-corrected chi connectivity index (χ1v) is 13.5. The van der Waals surface area contributed by atoms with Crippen LogP contribution in [0.3, 0.4) is 0 Å². The highest BCUT2D eigenvalue weighted by atomic mass is 19.1. The average molecular weight is 582 g/mol. The third-order valence-electron chi connectivity index (χ3n) is 7.70. The Morgan fingerprint density at radius 3 is 2.00 bits per heavy atom. The van der Waals surface area contributed by atoms with Crippen LogP contribution in [0.1, 0.15) is 56.5 Å². The Labute approximate surface area is 241 Å². The van der Waals surface area contributed by atoms with Crippen molar-refractivity contribution < 1.29 is 33.6 Å². The number of aliphatic hydroxyl groups is 1. The molecule has 4 atom stereocenters. The van der Waals surface area contributed by atoms with E-state index in [0.717, 1.165) is 11.1 Å². The van der Waals surface area contributed by atoms with Gasteiger partial charge >= 0.3 is 0 Å². The molecule has 42 heavy (non-hydrogen) atoms. The molecule has 2 N–H and O–H groups in total. The number of epoxide rings is 1. The highest BCUT2D eigenvalue weighted by Gasteiger charge is 2.56. The van der Waals surface area contributed by atoms with E-state index in [1.807, 2.05) is 13.8 Å². The number of benzene rings is 3. The van der Waals surface area contributed by atoms with Gasteiger partial charge in [0.2, 0.25) is 0 Å². The van der Waals surface area contributed by atoms with E-state index >= 15 is 0 Å². The van der Waals surface area contributed by atoms with Crippen LogP contribution >= 0.6 is 0 Å². The molecule has 3 heterocycles. The number of nitrogens with one attached hydrogen (secondary N) is 1. The number of hydrogen-bond acceptors (Lipinski definition) is 9. The highest BCUT2D eigenvalue weighted by molar-refractivity contribution is 5.50. The number of non-ortho nitro benzene ring substituents is 2. The highest BCUT2D eigenvalue weighted by Crippen LogP contribution is 2.54. The molecule has 0 radical (unpaired) electrons. The maximum atomic E-state index is 13.0. The molecule has 3 aromatic carbocycles. The molecule has 3 aliphatic heterocycles. The molecule has 6 rings (SSSR count). The summed E-state index contributed by atoms with van der Waals surface area (Å²) in [6, 6.07) is 14.9.